The summed E-state index contributed by atoms with van der Waals surface area (Å²) in [7, 11) is 0. The van der Waals surface area contributed by atoms with Gasteiger partial charge in [0.05, 0.1) is 5.92 Å². The number of nitrogens with zero attached hydrogens (tertiary/aromatic N) is 1. The molecule has 0 radical (unpaired) electrons. The molecule has 0 N–H and O–H groups in total. The third kappa shape index (κ3) is 5.40. The summed E-state index contributed by atoms with van der Waals surface area (Å²) in [6.45, 7) is 12.8. The number of hydrogen-bond acceptors (Lipinski definition) is 4. The molecule has 1 saturated carbocycles. The van der Waals surface area contributed by atoms with E-state index >= 15 is 0 Å². The van der Waals surface area contributed by atoms with E-state index in [9.17, 15) is 9.59 Å². The van der Waals surface area contributed by atoms with E-state index in [1.165, 1.54) is 0 Å². The molecule has 1 amide bonds. The number of ether oxygens (including phenoxy) is 2. The van der Waals surface area contributed by atoms with Crippen LogP contribution in [0.3, 0.4) is 0 Å². The summed E-state index contributed by atoms with van der Waals surface area (Å²) in [6.07, 6.45) is 2.61. The van der Waals surface area contributed by atoms with Crippen molar-refractivity contribution in [3.8, 4) is 0 Å². The predicted molar refractivity (Wildman–Crippen MR) is 88.0 cm³/mol. The van der Waals surface area contributed by atoms with Crippen LogP contribution in [0.15, 0.2) is 0 Å². The van der Waals surface area contributed by atoms with E-state index in [1.807, 2.05) is 41.5 Å². The monoisotopic (exact) mass is 325 g/mol. The van der Waals surface area contributed by atoms with Crippen molar-refractivity contribution in [3.05, 3.63) is 0 Å². The molecule has 0 aromatic rings. The fourth-order valence-electron chi connectivity index (χ4n) is 3.22. The summed E-state index contributed by atoms with van der Waals surface area (Å²) in [5.41, 5.74) is -0.865. The first-order valence-electron chi connectivity index (χ1n) is 8.67. The Labute approximate surface area is 139 Å². The molecule has 0 aromatic heterocycles. The molecule has 23 heavy (non-hydrogen) atoms. The fraction of sp³-hybridized carbons (Fsp3) is 0.889. The Morgan fingerprint density at radius 1 is 0.913 bits per heavy atom. The van der Waals surface area contributed by atoms with Crippen LogP contribution in [0.2, 0.25) is 0 Å². The zero-order valence-corrected chi connectivity index (χ0v) is 15.3. The van der Waals surface area contributed by atoms with Crippen LogP contribution in [0.4, 0.5) is 4.79 Å². The number of esters is 1. The lowest BCUT2D eigenvalue weighted by atomic mass is 9.91. The number of amides is 1. The van der Waals surface area contributed by atoms with Gasteiger partial charge in [-0.15, -0.1) is 0 Å². The van der Waals surface area contributed by atoms with Crippen molar-refractivity contribution in [2.24, 2.45) is 17.8 Å². The van der Waals surface area contributed by atoms with E-state index in [-0.39, 0.29) is 18.0 Å². The molecule has 1 aliphatic heterocycles. The van der Waals surface area contributed by atoms with Crippen molar-refractivity contribution in [2.75, 3.05) is 13.1 Å². The van der Waals surface area contributed by atoms with Gasteiger partial charge in [-0.1, -0.05) is 0 Å². The lowest BCUT2D eigenvalue weighted by molar-refractivity contribution is -0.157. The van der Waals surface area contributed by atoms with E-state index in [2.05, 4.69) is 0 Å². The van der Waals surface area contributed by atoms with Crippen molar-refractivity contribution in [2.45, 2.75) is 72.0 Å². The highest BCUT2D eigenvalue weighted by Crippen LogP contribution is 2.49. The molecule has 2 rings (SSSR count). The van der Waals surface area contributed by atoms with Crippen LogP contribution in [0.5, 0.6) is 0 Å². The quantitative estimate of drug-likeness (QED) is 0.728. The number of carbonyl (C=O) groups is 2. The number of carbonyl (C=O) groups excluding carboxylic acids is 2. The topological polar surface area (TPSA) is 55.8 Å². The maximum absolute atomic E-state index is 12.1. The lowest BCUT2D eigenvalue weighted by Gasteiger charge is -2.33. The molecule has 132 valence electrons. The lowest BCUT2D eigenvalue weighted by Crippen LogP contribution is -2.42. The van der Waals surface area contributed by atoms with E-state index in [0.717, 1.165) is 32.4 Å². The Morgan fingerprint density at radius 3 is 1.91 bits per heavy atom. The first kappa shape index (κ1) is 18.1. The van der Waals surface area contributed by atoms with Gasteiger partial charge in [0.25, 0.3) is 0 Å². The van der Waals surface area contributed by atoms with Crippen LogP contribution in [0, 0.1) is 17.8 Å². The summed E-state index contributed by atoms with van der Waals surface area (Å²) in [5.74, 6) is 0.959. The highest BCUT2D eigenvalue weighted by Gasteiger charge is 2.50. The second kappa shape index (κ2) is 6.33. The molecular weight excluding hydrogens is 294 g/mol. The Bertz CT molecular complexity index is 453. The van der Waals surface area contributed by atoms with Crippen molar-refractivity contribution in [1.29, 1.82) is 0 Å². The van der Waals surface area contributed by atoms with Gasteiger partial charge in [0, 0.05) is 13.1 Å². The third-order valence-corrected chi connectivity index (χ3v) is 4.35. The first-order valence-corrected chi connectivity index (χ1v) is 8.67. The number of rotatable bonds is 2. The molecule has 2 aliphatic rings. The van der Waals surface area contributed by atoms with Gasteiger partial charge in [0.1, 0.15) is 11.2 Å². The summed E-state index contributed by atoms with van der Waals surface area (Å²) < 4.78 is 10.9. The van der Waals surface area contributed by atoms with E-state index in [0.29, 0.717) is 11.8 Å². The van der Waals surface area contributed by atoms with Crippen LogP contribution in [-0.4, -0.2) is 41.3 Å². The molecule has 5 nitrogen and oxygen atoms in total. The van der Waals surface area contributed by atoms with E-state index in [1.54, 1.807) is 4.90 Å². The standard InChI is InChI=1S/C18H31NO4/c1-17(2,3)22-15(20)14-11-13(14)12-7-9-19(10-8-12)16(21)23-18(4,5)6/h12-14H,7-11H2,1-6H3/t13-,14+/m0/s1. The first-order chi connectivity index (χ1) is 10.5. The number of likely N-dealkylation sites (tertiary alicyclic amines) is 1. The SMILES string of the molecule is CC(C)(C)OC(=O)[C@@H]1C[C@H]1C1CCN(C(=O)OC(C)(C)C)CC1. The van der Waals surface area contributed by atoms with Crippen molar-refractivity contribution in [1.82, 2.24) is 4.90 Å². The molecular formula is C18H31NO4. The maximum Gasteiger partial charge on any atom is 0.410 e. The van der Waals surface area contributed by atoms with Crippen LogP contribution < -0.4 is 0 Å². The summed E-state index contributed by atoms with van der Waals surface area (Å²) in [6, 6.07) is 0. The Balaban J connectivity index is 1.76. The highest BCUT2D eigenvalue weighted by atomic mass is 16.6. The average molecular weight is 325 g/mol. The molecule has 1 aliphatic carbocycles. The summed E-state index contributed by atoms with van der Waals surface area (Å²) in [4.78, 5) is 25.9. The number of piperidine rings is 1. The van der Waals surface area contributed by atoms with Gasteiger partial charge < -0.3 is 14.4 Å². The average Bonchev–Trinajstić information content (AvgIpc) is 3.15. The normalized spacial score (nSPS) is 25.9. The molecule has 0 unspecified atom stereocenters. The molecule has 0 spiro atoms. The minimum absolute atomic E-state index is 0.0583. The molecule has 2 fully saturated rings. The van der Waals surface area contributed by atoms with Gasteiger partial charge >= 0.3 is 12.1 Å². The van der Waals surface area contributed by atoms with Gasteiger partial charge in [0.15, 0.2) is 0 Å². The van der Waals surface area contributed by atoms with Crippen molar-refractivity contribution < 1.29 is 19.1 Å². The van der Waals surface area contributed by atoms with Crippen LogP contribution in [0.1, 0.15) is 60.8 Å². The number of hydrogen-bond donors (Lipinski definition) is 0. The van der Waals surface area contributed by atoms with Gasteiger partial charge in [-0.25, -0.2) is 4.79 Å². The zero-order valence-electron chi connectivity index (χ0n) is 15.3. The second-order valence-corrected chi connectivity index (χ2v) is 8.84. The minimum Gasteiger partial charge on any atom is -0.460 e. The van der Waals surface area contributed by atoms with Crippen LogP contribution in [0.25, 0.3) is 0 Å². The van der Waals surface area contributed by atoms with E-state index in [4.69, 9.17) is 9.47 Å². The molecule has 5 heteroatoms. The zero-order chi connectivity index (χ0) is 17.4. The predicted octanol–water partition coefficient (Wildman–Crippen LogP) is 3.61. The van der Waals surface area contributed by atoms with Gasteiger partial charge in [-0.05, 0) is 72.6 Å². The molecule has 0 bridgehead atoms. The summed E-state index contributed by atoms with van der Waals surface area (Å²) in [5, 5.41) is 0. The van der Waals surface area contributed by atoms with Gasteiger partial charge in [0.2, 0.25) is 0 Å². The summed E-state index contributed by atoms with van der Waals surface area (Å²) >= 11 is 0. The Morgan fingerprint density at radius 2 is 1.43 bits per heavy atom. The third-order valence-electron chi connectivity index (χ3n) is 4.35. The van der Waals surface area contributed by atoms with Crippen LogP contribution >= 0.6 is 0 Å². The molecule has 2 atom stereocenters. The largest absolute Gasteiger partial charge is 0.460 e. The minimum atomic E-state index is -0.452. The second-order valence-electron chi connectivity index (χ2n) is 8.84. The van der Waals surface area contributed by atoms with Crippen LogP contribution in [-0.2, 0) is 14.3 Å². The smallest absolute Gasteiger partial charge is 0.410 e. The molecule has 0 aromatic carbocycles. The van der Waals surface area contributed by atoms with Gasteiger partial charge in [-0.3, -0.25) is 4.79 Å². The maximum atomic E-state index is 12.1. The fourth-order valence-corrected chi connectivity index (χ4v) is 3.22. The van der Waals surface area contributed by atoms with Crippen molar-refractivity contribution >= 4 is 12.1 Å². The highest BCUT2D eigenvalue weighted by molar-refractivity contribution is 5.76. The van der Waals surface area contributed by atoms with Gasteiger partial charge in [-0.2, -0.15) is 0 Å². The molecule has 1 heterocycles. The Kier molecular flexibility index (Phi) is 4.97. The van der Waals surface area contributed by atoms with Crippen molar-refractivity contribution in [3.63, 3.8) is 0 Å². The van der Waals surface area contributed by atoms with E-state index < -0.39 is 11.2 Å². The Hall–Kier alpha value is -1.26. The molecule has 1 saturated heterocycles.